The van der Waals surface area contributed by atoms with Crippen LogP contribution in [0.4, 0.5) is 0 Å². The molecule has 0 saturated heterocycles. The van der Waals surface area contributed by atoms with Crippen molar-refractivity contribution in [2.75, 3.05) is 6.61 Å². The summed E-state index contributed by atoms with van der Waals surface area (Å²) in [5, 5.41) is 3.81. The predicted molar refractivity (Wildman–Crippen MR) is 80.0 cm³/mol. The summed E-state index contributed by atoms with van der Waals surface area (Å²) in [4.78, 5) is 16.9. The van der Waals surface area contributed by atoms with Gasteiger partial charge in [0, 0.05) is 11.1 Å². The molecule has 0 aliphatic rings. The van der Waals surface area contributed by atoms with Crippen LogP contribution in [-0.2, 0) is 17.8 Å². The van der Waals surface area contributed by atoms with Gasteiger partial charge in [-0.2, -0.15) is 0 Å². The summed E-state index contributed by atoms with van der Waals surface area (Å²) < 4.78 is 5.44. The third kappa shape index (κ3) is 4.35. The number of aryl methyl sites for hydroxylation is 2. The topological polar surface area (TPSA) is 51.2 Å². The molecule has 4 nitrogen and oxygen atoms in total. The van der Waals surface area contributed by atoms with E-state index >= 15 is 0 Å². The van der Waals surface area contributed by atoms with Gasteiger partial charge in [-0.1, -0.05) is 19.1 Å². The number of ether oxygens (including phenoxy) is 1. The molecule has 106 valence electrons. The Hall–Kier alpha value is -1.88. The van der Waals surface area contributed by atoms with Crippen LogP contribution in [0.3, 0.4) is 0 Å². The minimum atomic E-state index is -0.129. The van der Waals surface area contributed by atoms with Gasteiger partial charge in [-0.15, -0.1) is 11.3 Å². The second-order valence-electron chi connectivity index (χ2n) is 4.41. The number of amides is 1. The van der Waals surface area contributed by atoms with Gasteiger partial charge in [-0.3, -0.25) is 4.79 Å². The molecule has 0 aliphatic heterocycles. The van der Waals surface area contributed by atoms with Gasteiger partial charge in [0.15, 0.2) is 6.61 Å². The summed E-state index contributed by atoms with van der Waals surface area (Å²) in [6.07, 6.45) is 2.78. The van der Waals surface area contributed by atoms with Gasteiger partial charge < -0.3 is 10.1 Å². The van der Waals surface area contributed by atoms with Gasteiger partial charge in [0.25, 0.3) is 5.91 Å². The number of carbonyl (C=O) groups is 1. The van der Waals surface area contributed by atoms with E-state index in [9.17, 15) is 4.79 Å². The number of nitrogens with one attached hydrogen (secondary N) is 1. The molecule has 0 fully saturated rings. The molecule has 5 heteroatoms. The smallest absolute Gasteiger partial charge is 0.258 e. The third-order valence-electron chi connectivity index (χ3n) is 2.83. The van der Waals surface area contributed by atoms with E-state index in [0.29, 0.717) is 12.3 Å². The first-order chi connectivity index (χ1) is 9.67. The first-order valence-electron chi connectivity index (χ1n) is 6.57. The molecule has 0 radical (unpaired) electrons. The average Bonchev–Trinajstić information content (AvgIpc) is 2.89. The number of benzene rings is 1. The van der Waals surface area contributed by atoms with E-state index in [1.165, 1.54) is 5.56 Å². The number of rotatable bonds is 6. The van der Waals surface area contributed by atoms with Crippen molar-refractivity contribution in [3.8, 4) is 5.75 Å². The minimum absolute atomic E-state index is 0.0310. The van der Waals surface area contributed by atoms with E-state index in [2.05, 4.69) is 17.2 Å². The lowest BCUT2D eigenvalue weighted by atomic mass is 10.2. The summed E-state index contributed by atoms with van der Waals surface area (Å²) in [7, 11) is 0. The van der Waals surface area contributed by atoms with Crippen LogP contribution >= 0.6 is 11.3 Å². The van der Waals surface area contributed by atoms with E-state index in [1.54, 1.807) is 17.5 Å². The summed E-state index contributed by atoms with van der Waals surface area (Å²) in [6.45, 7) is 4.58. The van der Waals surface area contributed by atoms with Gasteiger partial charge in [-0.25, -0.2) is 4.98 Å². The molecule has 1 amide bonds. The molecule has 1 aromatic carbocycles. The third-order valence-corrected chi connectivity index (χ3v) is 3.74. The van der Waals surface area contributed by atoms with Crippen LogP contribution in [0, 0.1) is 6.92 Å². The molecule has 1 N–H and O–H groups in total. The molecule has 0 aliphatic carbocycles. The number of carbonyl (C=O) groups excluding carboxylic acids is 1. The minimum Gasteiger partial charge on any atom is -0.484 e. The normalized spacial score (nSPS) is 10.3. The van der Waals surface area contributed by atoms with Gasteiger partial charge >= 0.3 is 0 Å². The first-order valence-corrected chi connectivity index (χ1v) is 7.38. The number of nitrogens with zero attached hydrogens (tertiary/aromatic N) is 1. The van der Waals surface area contributed by atoms with Crippen LogP contribution in [0.15, 0.2) is 30.5 Å². The zero-order chi connectivity index (χ0) is 14.4. The van der Waals surface area contributed by atoms with Crippen molar-refractivity contribution in [3.05, 3.63) is 45.9 Å². The van der Waals surface area contributed by atoms with Crippen molar-refractivity contribution in [3.63, 3.8) is 0 Å². The summed E-state index contributed by atoms with van der Waals surface area (Å²) in [5.74, 6) is 0.585. The second-order valence-corrected chi connectivity index (χ2v) is 5.73. The van der Waals surface area contributed by atoms with Crippen molar-refractivity contribution >= 4 is 17.2 Å². The Morgan fingerprint density at radius 1 is 1.35 bits per heavy atom. The second kappa shape index (κ2) is 7.05. The number of hydrogen-bond donors (Lipinski definition) is 1. The SMILES string of the molecule is CCc1ccc(OCC(=O)NCc2cnc(C)s2)cc1. The Bertz CT molecular complexity index is 564. The Morgan fingerprint density at radius 2 is 2.10 bits per heavy atom. The fourth-order valence-electron chi connectivity index (χ4n) is 1.69. The van der Waals surface area contributed by atoms with E-state index in [1.807, 2.05) is 31.2 Å². The standard InChI is InChI=1S/C15H18N2O2S/c1-3-12-4-6-13(7-5-12)19-10-15(18)17-9-14-8-16-11(2)20-14/h4-8H,3,9-10H2,1-2H3,(H,17,18). The highest BCUT2D eigenvalue weighted by molar-refractivity contribution is 7.11. The fourth-order valence-corrected chi connectivity index (χ4v) is 2.43. The van der Waals surface area contributed by atoms with Crippen LogP contribution < -0.4 is 10.1 Å². The van der Waals surface area contributed by atoms with E-state index < -0.39 is 0 Å². The molecule has 0 bridgehead atoms. The van der Waals surface area contributed by atoms with Gasteiger partial charge in [-0.05, 0) is 31.0 Å². The molecular weight excluding hydrogens is 272 g/mol. The average molecular weight is 290 g/mol. The molecule has 0 unspecified atom stereocenters. The molecule has 0 spiro atoms. The first kappa shape index (κ1) is 14.5. The largest absolute Gasteiger partial charge is 0.484 e. The maximum Gasteiger partial charge on any atom is 0.258 e. The van der Waals surface area contributed by atoms with Gasteiger partial charge in [0.1, 0.15) is 5.75 Å². The summed E-state index contributed by atoms with van der Waals surface area (Å²) in [6, 6.07) is 7.79. The Balaban J connectivity index is 1.74. The summed E-state index contributed by atoms with van der Waals surface area (Å²) >= 11 is 1.58. The molecule has 1 aromatic heterocycles. The van der Waals surface area contributed by atoms with Gasteiger partial charge in [0.2, 0.25) is 0 Å². The van der Waals surface area contributed by atoms with Crippen LogP contribution in [-0.4, -0.2) is 17.5 Å². The number of aromatic nitrogens is 1. The van der Waals surface area contributed by atoms with E-state index in [-0.39, 0.29) is 12.5 Å². The molecule has 0 saturated carbocycles. The molecule has 0 atom stereocenters. The van der Waals surface area contributed by atoms with Gasteiger partial charge in [0.05, 0.1) is 11.6 Å². The molecule has 20 heavy (non-hydrogen) atoms. The summed E-state index contributed by atoms with van der Waals surface area (Å²) in [5.41, 5.74) is 1.25. The molecule has 2 aromatic rings. The zero-order valence-corrected chi connectivity index (χ0v) is 12.5. The van der Waals surface area contributed by atoms with Crippen LogP contribution in [0.2, 0.25) is 0 Å². The van der Waals surface area contributed by atoms with Crippen molar-refractivity contribution in [1.29, 1.82) is 0 Å². The Labute approximate surface area is 122 Å². The van der Waals surface area contributed by atoms with Crippen LogP contribution in [0.1, 0.15) is 22.4 Å². The zero-order valence-electron chi connectivity index (χ0n) is 11.7. The van der Waals surface area contributed by atoms with Crippen molar-refractivity contribution in [2.24, 2.45) is 0 Å². The lowest BCUT2D eigenvalue weighted by Gasteiger charge is -2.07. The molecule has 1 heterocycles. The monoisotopic (exact) mass is 290 g/mol. The maximum atomic E-state index is 11.7. The maximum absolute atomic E-state index is 11.7. The van der Waals surface area contributed by atoms with E-state index in [0.717, 1.165) is 16.3 Å². The lowest BCUT2D eigenvalue weighted by Crippen LogP contribution is -2.28. The quantitative estimate of drug-likeness (QED) is 0.890. The lowest BCUT2D eigenvalue weighted by molar-refractivity contribution is -0.123. The Kier molecular flexibility index (Phi) is 5.12. The molecular formula is C15H18N2O2S. The highest BCUT2D eigenvalue weighted by atomic mass is 32.1. The van der Waals surface area contributed by atoms with E-state index in [4.69, 9.17) is 4.74 Å². The molecule has 2 rings (SSSR count). The number of thiazole rings is 1. The highest BCUT2D eigenvalue weighted by Gasteiger charge is 2.04. The van der Waals surface area contributed by atoms with Crippen LogP contribution in [0.25, 0.3) is 0 Å². The Morgan fingerprint density at radius 3 is 2.70 bits per heavy atom. The van der Waals surface area contributed by atoms with Crippen molar-refractivity contribution < 1.29 is 9.53 Å². The highest BCUT2D eigenvalue weighted by Crippen LogP contribution is 2.13. The predicted octanol–water partition coefficient (Wildman–Crippen LogP) is 2.71. The number of hydrogen-bond acceptors (Lipinski definition) is 4. The van der Waals surface area contributed by atoms with Crippen molar-refractivity contribution in [1.82, 2.24) is 10.3 Å². The van der Waals surface area contributed by atoms with Crippen molar-refractivity contribution in [2.45, 2.75) is 26.8 Å². The van der Waals surface area contributed by atoms with Crippen LogP contribution in [0.5, 0.6) is 5.75 Å². The fraction of sp³-hybridized carbons (Fsp3) is 0.333.